The average molecular weight is 469 g/mol. The van der Waals surface area contributed by atoms with Crippen LogP contribution in [0.1, 0.15) is 18.1 Å². The number of halogens is 1. The quantitative estimate of drug-likeness (QED) is 0.576. The number of nitrogens with zero attached hydrogens (tertiary/aromatic N) is 1. The minimum absolute atomic E-state index is 0.157. The van der Waals surface area contributed by atoms with Gasteiger partial charge in [-0.2, -0.15) is 0 Å². The molecule has 3 aromatic rings. The summed E-state index contributed by atoms with van der Waals surface area (Å²) in [5.74, 6) is -0.330. The number of rotatable bonds is 5. The predicted octanol–water partition coefficient (Wildman–Crippen LogP) is 4.92. The van der Waals surface area contributed by atoms with E-state index in [2.05, 4.69) is 5.32 Å². The smallest absolute Gasteiger partial charge is 0.270 e. The van der Waals surface area contributed by atoms with Crippen molar-refractivity contribution in [3.63, 3.8) is 0 Å². The molecule has 0 saturated heterocycles. The third-order valence-corrected chi connectivity index (χ3v) is 7.36. The second-order valence-corrected chi connectivity index (χ2v) is 9.29. The van der Waals surface area contributed by atoms with E-state index < -0.39 is 15.9 Å². The molecule has 6 nitrogen and oxygen atoms in total. The van der Waals surface area contributed by atoms with Gasteiger partial charge in [0, 0.05) is 22.7 Å². The lowest BCUT2D eigenvalue weighted by molar-refractivity contribution is -0.112. The van der Waals surface area contributed by atoms with E-state index >= 15 is 0 Å². The minimum Gasteiger partial charge on any atom is -0.495 e. The highest BCUT2D eigenvalue weighted by atomic mass is 35.5. The van der Waals surface area contributed by atoms with Crippen molar-refractivity contribution in [2.45, 2.75) is 6.92 Å². The lowest BCUT2D eigenvalue weighted by Crippen LogP contribution is -2.39. The van der Waals surface area contributed by atoms with E-state index in [4.69, 9.17) is 16.3 Å². The number of fused-ring (bicyclic) bond motifs is 1. The van der Waals surface area contributed by atoms with E-state index in [0.29, 0.717) is 38.8 Å². The summed E-state index contributed by atoms with van der Waals surface area (Å²) in [5, 5.41) is 3.16. The van der Waals surface area contributed by atoms with Crippen LogP contribution in [0.15, 0.2) is 77.7 Å². The van der Waals surface area contributed by atoms with Crippen LogP contribution in [0, 0.1) is 0 Å². The van der Waals surface area contributed by atoms with Gasteiger partial charge in [-0.05, 0) is 42.8 Å². The molecule has 1 aliphatic rings. The van der Waals surface area contributed by atoms with Gasteiger partial charge in [0.25, 0.3) is 15.9 Å². The third-order valence-electron chi connectivity index (χ3n) is 5.18. The van der Waals surface area contributed by atoms with Crippen molar-refractivity contribution in [1.82, 2.24) is 0 Å². The number of benzene rings is 3. The number of carbonyl (C=O) groups excluding carboxylic acids is 1. The number of anilines is 2. The van der Waals surface area contributed by atoms with E-state index in [0.717, 1.165) is 0 Å². The lowest BCUT2D eigenvalue weighted by atomic mass is 9.95. The summed E-state index contributed by atoms with van der Waals surface area (Å²) < 4.78 is 33.9. The number of carbonyl (C=O) groups is 1. The number of ether oxygens (including phenoxy) is 1. The molecule has 1 amide bonds. The fraction of sp³-hybridized carbons (Fsp3) is 0.125. The summed E-state index contributed by atoms with van der Waals surface area (Å²) in [6.45, 7) is 1.88. The predicted molar refractivity (Wildman–Crippen MR) is 127 cm³/mol. The average Bonchev–Trinajstić information content (AvgIpc) is 2.79. The first-order valence-corrected chi connectivity index (χ1v) is 11.8. The zero-order valence-electron chi connectivity index (χ0n) is 17.5. The molecule has 0 unspecified atom stereocenters. The topological polar surface area (TPSA) is 75.7 Å². The van der Waals surface area contributed by atoms with Gasteiger partial charge < -0.3 is 10.1 Å². The van der Waals surface area contributed by atoms with Crippen molar-refractivity contribution in [2.24, 2.45) is 0 Å². The monoisotopic (exact) mass is 468 g/mol. The summed E-state index contributed by atoms with van der Waals surface area (Å²) in [6.07, 6.45) is 0. The van der Waals surface area contributed by atoms with Gasteiger partial charge in [-0.25, -0.2) is 8.42 Å². The SMILES string of the molecule is CCN1c2ccc(Cl)cc2C(c2ccccc2)=C(C(=O)Nc2ccccc2OC)S1(=O)=O. The molecular weight excluding hydrogens is 448 g/mol. The number of amides is 1. The fourth-order valence-corrected chi connectivity index (χ4v) is 5.73. The van der Waals surface area contributed by atoms with Crippen LogP contribution in [0.4, 0.5) is 11.4 Å². The zero-order valence-corrected chi connectivity index (χ0v) is 19.1. The summed E-state index contributed by atoms with van der Waals surface area (Å²) in [6, 6.07) is 20.8. The standard InChI is InChI=1S/C24H21ClN2O4S/c1-3-27-20-14-13-17(25)15-18(20)22(16-9-5-4-6-10-16)23(32(27,29)30)24(28)26-19-11-7-8-12-21(19)31-2/h4-15H,3H2,1-2H3,(H,26,28). The van der Waals surface area contributed by atoms with Crippen LogP contribution >= 0.6 is 11.6 Å². The van der Waals surface area contributed by atoms with Gasteiger partial charge in [0.1, 0.15) is 5.75 Å². The number of methoxy groups -OCH3 is 1. The van der Waals surface area contributed by atoms with Crippen LogP contribution in [-0.4, -0.2) is 28.0 Å². The van der Waals surface area contributed by atoms with Gasteiger partial charge in [-0.3, -0.25) is 9.10 Å². The Morgan fingerprint density at radius 3 is 2.41 bits per heavy atom. The molecule has 0 aromatic heterocycles. The molecule has 32 heavy (non-hydrogen) atoms. The van der Waals surface area contributed by atoms with E-state index in [1.165, 1.54) is 11.4 Å². The first-order valence-electron chi connectivity index (χ1n) is 9.95. The molecule has 4 rings (SSSR count). The number of para-hydroxylation sites is 2. The molecule has 0 radical (unpaired) electrons. The second-order valence-electron chi connectivity index (χ2n) is 7.06. The molecular formula is C24H21ClN2O4S. The molecule has 0 atom stereocenters. The Labute approximate surface area is 192 Å². The Hall–Kier alpha value is -3.29. The number of hydrogen-bond donors (Lipinski definition) is 1. The van der Waals surface area contributed by atoms with Crippen LogP contribution in [0.25, 0.3) is 5.57 Å². The van der Waals surface area contributed by atoms with Crippen LogP contribution in [-0.2, 0) is 14.8 Å². The maximum atomic E-state index is 13.7. The van der Waals surface area contributed by atoms with Crippen molar-refractivity contribution in [1.29, 1.82) is 0 Å². The molecule has 0 fully saturated rings. The molecule has 1 N–H and O–H groups in total. The van der Waals surface area contributed by atoms with Gasteiger partial charge in [-0.15, -0.1) is 0 Å². The van der Waals surface area contributed by atoms with Gasteiger partial charge in [0.2, 0.25) is 0 Å². The molecule has 0 spiro atoms. The Bertz CT molecular complexity index is 1320. The van der Waals surface area contributed by atoms with E-state index in [9.17, 15) is 13.2 Å². The second kappa shape index (κ2) is 8.68. The van der Waals surface area contributed by atoms with Crippen molar-refractivity contribution in [3.05, 3.63) is 93.9 Å². The summed E-state index contributed by atoms with van der Waals surface area (Å²) >= 11 is 6.28. The van der Waals surface area contributed by atoms with E-state index in [-0.39, 0.29) is 11.4 Å². The molecule has 0 bridgehead atoms. The summed E-state index contributed by atoms with van der Waals surface area (Å²) in [5.41, 5.74) is 2.32. The van der Waals surface area contributed by atoms with Crippen molar-refractivity contribution in [2.75, 3.05) is 23.3 Å². The summed E-state index contributed by atoms with van der Waals surface area (Å²) in [4.78, 5) is 13.2. The van der Waals surface area contributed by atoms with Crippen LogP contribution in [0.5, 0.6) is 5.75 Å². The molecule has 0 saturated carbocycles. The Morgan fingerprint density at radius 1 is 1.03 bits per heavy atom. The Morgan fingerprint density at radius 2 is 1.72 bits per heavy atom. The van der Waals surface area contributed by atoms with Crippen molar-refractivity contribution < 1.29 is 17.9 Å². The molecule has 1 aliphatic heterocycles. The van der Waals surface area contributed by atoms with Gasteiger partial charge in [-0.1, -0.05) is 54.1 Å². The zero-order chi connectivity index (χ0) is 22.9. The first-order chi connectivity index (χ1) is 15.4. The lowest BCUT2D eigenvalue weighted by Gasteiger charge is -2.33. The van der Waals surface area contributed by atoms with Gasteiger partial charge >= 0.3 is 0 Å². The number of hydrogen-bond acceptors (Lipinski definition) is 4. The maximum Gasteiger partial charge on any atom is 0.270 e. The van der Waals surface area contributed by atoms with Gasteiger partial charge in [0.05, 0.1) is 18.5 Å². The minimum atomic E-state index is -4.16. The highest BCUT2D eigenvalue weighted by molar-refractivity contribution is 7.97. The van der Waals surface area contributed by atoms with E-state index in [1.807, 2.05) is 6.07 Å². The first kappa shape index (κ1) is 21.9. The van der Waals surface area contributed by atoms with Crippen molar-refractivity contribution in [3.8, 4) is 5.75 Å². The number of sulfonamides is 1. The molecule has 164 valence electrons. The third kappa shape index (κ3) is 3.74. The number of nitrogens with one attached hydrogen (secondary N) is 1. The highest BCUT2D eigenvalue weighted by Gasteiger charge is 2.41. The molecule has 0 aliphatic carbocycles. The molecule has 1 heterocycles. The van der Waals surface area contributed by atoms with Crippen molar-refractivity contribution >= 4 is 44.5 Å². The maximum absolute atomic E-state index is 13.7. The van der Waals surface area contributed by atoms with Gasteiger partial charge in [0.15, 0.2) is 4.91 Å². The van der Waals surface area contributed by atoms with Crippen LogP contribution in [0.2, 0.25) is 5.02 Å². The van der Waals surface area contributed by atoms with E-state index in [1.54, 1.807) is 73.7 Å². The van der Waals surface area contributed by atoms with Crippen LogP contribution in [0.3, 0.4) is 0 Å². The molecule has 8 heteroatoms. The van der Waals surface area contributed by atoms with Crippen LogP contribution < -0.4 is 14.4 Å². The normalized spacial score (nSPS) is 14.7. The molecule has 3 aromatic carbocycles. The fourth-order valence-electron chi connectivity index (χ4n) is 3.81. The highest BCUT2D eigenvalue weighted by Crippen LogP contribution is 2.44. The largest absolute Gasteiger partial charge is 0.495 e. The summed E-state index contributed by atoms with van der Waals surface area (Å²) in [7, 11) is -2.68. The Balaban J connectivity index is 2.00. The Kier molecular flexibility index (Phi) is 5.95.